The highest BCUT2D eigenvalue weighted by Gasteiger charge is 2.38. The number of nitrogens with zero attached hydrogens (tertiary/aromatic N) is 4. The van der Waals surface area contributed by atoms with Gasteiger partial charge in [-0.25, -0.2) is 18.6 Å². The van der Waals surface area contributed by atoms with Gasteiger partial charge in [-0.05, 0) is 37.3 Å². The van der Waals surface area contributed by atoms with Crippen molar-refractivity contribution < 1.29 is 26.7 Å². The number of nitrogens with one attached hydrogen (secondary N) is 1. The molecule has 1 amide bonds. The Kier molecular flexibility index (Phi) is 5.50. The quantitative estimate of drug-likeness (QED) is 0.560. The van der Waals surface area contributed by atoms with Gasteiger partial charge < -0.3 is 11.1 Å². The molecule has 1 aliphatic rings. The minimum atomic E-state index is -4.63. The van der Waals surface area contributed by atoms with Gasteiger partial charge >= 0.3 is 11.9 Å². The van der Waals surface area contributed by atoms with E-state index in [1.807, 2.05) is 0 Å². The Labute approximate surface area is 188 Å². The van der Waals surface area contributed by atoms with E-state index in [0.29, 0.717) is 4.57 Å². The first-order chi connectivity index (χ1) is 15.9. The van der Waals surface area contributed by atoms with Crippen molar-refractivity contribution in [1.29, 1.82) is 0 Å². The number of carbonyl (C=O) groups excluding carboxylic acids is 1. The topological polar surface area (TPSA) is 107 Å². The molecule has 34 heavy (non-hydrogen) atoms. The van der Waals surface area contributed by atoms with Gasteiger partial charge in [-0.1, -0.05) is 0 Å². The molecule has 0 bridgehead atoms. The van der Waals surface area contributed by atoms with Crippen molar-refractivity contribution >= 4 is 17.4 Å². The molecular formula is C21H17F5N6O2. The predicted molar refractivity (Wildman–Crippen MR) is 111 cm³/mol. The average Bonchev–Trinajstić information content (AvgIpc) is 3.04. The van der Waals surface area contributed by atoms with Crippen molar-refractivity contribution in [2.75, 3.05) is 5.32 Å². The fraction of sp³-hybridized carbons (Fsp3) is 0.238. The molecule has 2 aromatic heterocycles. The van der Waals surface area contributed by atoms with Crippen molar-refractivity contribution in [1.82, 2.24) is 14.1 Å². The molecule has 0 unspecified atom stereocenters. The van der Waals surface area contributed by atoms with E-state index >= 15 is 0 Å². The molecule has 0 saturated carbocycles. The first-order valence-corrected chi connectivity index (χ1v) is 9.82. The van der Waals surface area contributed by atoms with E-state index in [4.69, 9.17) is 5.73 Å². The Morgan fingerprint density at radius 3 is 2.62 bits per heavy atom. The number of amides is 1. The predicted octanol–water partition coefficient (Wildman–Crippen LogP) is 2.77. The maximum atomic E-state index is 14.8. The SMILES string of the molecule is C[C@@]1(c2cc(NC(=O)c3ccc(F)cn3)ccc2F)Cn2c(cn(CC(F)(F)F)c2=O)C(N)=N1. The number of alkyl halides is 3. The smallest absolute Gasteiger partial charge is 0.382 e. The number of hydrogen-bond acceptors (Lipinski definition) is 5. The molecular weight excluding hydrogens is 463 g/mol. The van der Waals surface area contributed by atoms with Crippen LogP contribution in [0.5, 0.6) is 0 Å². The molecule has 3 heterocycles. The molecule has 0 spiro atoms. The molecule has 1 aliphatic heterocycles. The maximum absolute atomic E-state index is 14.8. The van der Waals surface area contributed by atoms with Crippen LogP contribution in [0, 0.1) is 11.6 Å². The second-order valence-corrected chi connectivity index (χ2v) is 7.91. The summed E-state index contributed by atoms with van der Waals surface area (Å²) in [4.78, 5) is 32.9. The Balaban J connectivity index is 1.67. The Morgan fingerprint density at radius 1 is 1.24 bits per heavy atom. The minimum Gasteiger partial charge on any atom is -0.382 e. The van der Waals surface area contributed by atoms with Crippen molar-refractivity contribution in [2.45, 2.75) is 31.7 Å². The summed E-state index contributed by atoms with van der Waals surface area (Å²) < 4.78 is 67.7. The summed E-state index contributed by atoms with van der Waals surface area (Å²) in [6.07, 6.45) is -2.81. The minimum absolute atomic E-state index is 0.0148. The molecule has 4 rings (SSSR count). The van der Waals surface area contributed by atoms with E-state index in [1.54, 1.807) is 0 Å². The summed E-state index contributed by atoms with van der Waals surface area (Å²) in [5, 5.41) is 2.51. The highest BCUT2D eigenvalue weighted by molar-refractivity contribution is 6.02. The molecule has 13 heteroatoms. The van der Waals surface area contributed by atoms with E-state index in [-0.39, 0.29) is 35.0 Å². The maximum Gasteiger partial charge on any atom is 0.406 e. The van der Waals surface area contributed by atoms with Crippen molar-refractivity contribution in [2.24, 2.45) is 10.7 Å². The van der Waals surface area contributed by atoms with Gasteiger partial charge in [-0.15, -0.1) is 0 Å². The number of imidazole rings is 1. The number of hydrogen-bond donors (Lipinski definition) is 2. The lowest BCUT2D eigenvalue weighted by atomic mass is 9.90. The molecule has 0 radical (unpaired) electrons. The number of benzene rings is 1. The molecule has 1 atom stereocenters. The second-order valence-electron chi connectivity index (χ2n) is 7.91. The summed E-state index contributed by atoms with van der Waals surface area (Å²) in [7, 11) is 0. The molecule has 0 saturated heterocycles. The molecule has 3 N–H and O–H groups in total. The number of nitrogens with two attached hydrogens (primary N) is 1. The van der Waals surface area contributed by atoms with Crippen LogP contribution >= 0.6 is 0 Å². The van der Waals surface area contributed by atoms with E-state index in [9.17, 15) is 31.5 Å². The monoisotopic (exact) mass is 480 g/mol. The van der Waals surface area contributed by atoms with Crippen LogP contribution in [0.25, 0.3) is 0 Å². The number of amidine groups is 1. The third kappa shape index (κ3) is 4.40. The second kappa shape index (κ2) is 8.08. The van der Waals surface area contributed by atoms with Crippen LogP contribution in [0.15, 0.2) is 52.5 Å². The number of rotatable bonds is 4. The van der Waals surface area contributed by atoms with Crippen molar-refractivity contribution in [3.05, 3.63) is 81.8 Å². The number of carbonyl (C=O) groups is 1. The van der Waals surface area contributed by atoms with Crippen LogP contribution in [-0.2, 0) is 18.6 Å². The lowest BCUT2D eigenvalue weighted by Gasteiger charge is -2.31. The first kappa shape index (κ1) is 23.1. The molecule has 0 aliphatic carbocycles. The highest BCUT2D eigenvalue weighted by Crippen LogP contribution is 2.34. The number of fused-ring (bicyclic) bond motifs is 1. The molecule has 8 nitrogen and oxygen atoms in total. The number of aromatic nitrogens is 3. The van der Waals surface area contributed by atoms with Gasteiger partial charge in [-0.3, -0.25) is 18.9 Å². The zero-order valence-corrected chi connectivity index (χ0v) is 17.5. The van der Waals surface area contributed by atoms with Crippen molar-refractivity contribution in [3.63, 3.8) is 0 Å². The number of anilines is 1. The number of pyridine rings is 1. The van der Waals surface area contributed by atoms with E-state index in [0.717, 1.165) is 29.1 Å². The standard InChI is InChI=1S/C21H17F5N6O2/c1-20(9-32-16(17(27)30-20)8-31(19(32)34)10-21(24,25)26)13-6-12(3-4-14(13)23)29-18(33)15-5-2-11(22)7-28-15/h2-8H,9-10H2,1H3,(H2,27,30)(H,29,33)/t20-/m0/s1. The van der Waals surface area contributed by atoms with Crippen LogP contribution in [-0.4, -0.2) is 32.0 Å². The Morgan fingerprint density at radius 2 is 1.97 bits per heavy atom. The number of halogens is 5. The van der Waals surface area contributed by atoms with Gasteiger partial charge in [0.1, 0.15) is 40.9 Å². The lowest BCUT2D eigenvalue weighted by Crippen LogP contribution is -2.41. The third-order valence-corrected chi connectivity index (χ3v) is 5.26. The van der Waals surface area contributed by atoms with Gasteiger partial charge in [0, 0.05) is 17.4 Å². The van der Waals surface area contributed by atoms with Crippen LogP contribution < -0.4 is 16.7 Å². The van der Waals surface area contributed by atoms with Crippen LogP contribution in [0.1, 0.15) is 28.7 Å². The fourth-order valence-corrected chi connectivity index (χ4v) is 3.73. The van der Waals surface area contributed by atoms with Crippen LogP contribution in [0.3, 0.4) is 0 Å². The normalized spacial score (nSPS) is 17.8. The molecule has 0 fully saturated rings. The first-order valence-electron chi connectivity index (χ1n) is 9.82. The summed E-state index contributed by atoms with van der Waals surface area (Å²) in [6.45, 7) is -0.342. The van der Waals surface area contributed by atoms with E-state index in [1.165, 1.54) is 25.1 Å². The zero-order valence-electron chi connectivity index (χ0n) is 17.5. The van der Waals surface area contributed by atoms with E-state index in [2.05, 4.69) is 15.3 Å². The van der Waals surface area contributed by atoms with Gasteiger partial charge in [0.2, 0.25) is 0 Å². The van der Waals surface area contributed by atoms with Gasteiger partial charge in [0.15, 0.2) is 0 Å². The van der Waals surface area contributed by atoms with Crippen LogP contribution in [0.2, 0.25) is 0 Å². The third-order valence-electron chi connectivity index (χ3n) is 5.26. The average molecular weight is 480 g/mol. The largest absolute Gasteiger partial charge is 0.406 e. The summed E-state index contributed by atoms with van der Waals surface area (Å²) >= 11 is 0. The fourth-order valence-electron chi connectivity index (χ4n) is 3.73. The summed E-state index contributed by atoms with van der Waals surface area (Å²) in [6, 6.07) is 5.83. The van der Waals surface area contributed by atoms with Crippen molar-refractivity contribution in [3.8, 4) is 0 Å². The molecule has 3 aromatic rings. The zero-order chi connectivity index (χ0) is 24.8. The molecule has 178 valence electrons. The van der Waals surface area contributed by atoms with Gasteiger partial charge in [-0.2, -0.15) is 13.2 Å². The summed E-state index contributed by atoms with van der Waals surface area (Å²) in [5.74, 6) is -2.28. The Bertz CT molecular complexity index is 1360. The highest BCUT2D eigenvalue weighted by atomic mass is 19.4. The van der Waals surface area contributed by atoms with Gasteiger partial charge in [0.05, 0.1) is 12.7 Å². The van der Waals surface area contributed by atoms with E-state index < -0.39 is 41.5 Å². The van der Waals surface area contributed by atoms with Gasteiger partial charge in [0.25, 0.3) is 5.91 Å². The lowest BCUT2D eigenvalue weighted by molar-refractivity contribution is -0.141. The summed E-state index contributed by atoms with van der Waals surface area (Å²) in [5.41, 5.74) is 3.49. The van der Waals surface area contributed by atoms with Crippen LogP contribution in [0.4, 0.5) is 27.6 Å². The molecule has 1 aromatic carbocycles. The Hall–Kier alpha value is -4.03. The number of aliphatic imine (C=N–C) groups is 1.